The topological polar surface area (TPSA) is 46.2 Å². The summed E-state index contributed by atoms with van der Waals surface area (Å²) in [5.41, 5.74) is 0. The summed E-state index contributed by atoms with van der Waals surface area (Å²) in [7, 11) is -2.85. The van der Waals surface area contributed by atoms with Crippen LogP contribution < -0.4 is 5.32 Å². The van der Waals surface area contributed by atoms with Crippen molar-refractivity contribution < 1.29 is 8.42 Å². The normalized spacial score (nSPS) is 14.1. The highest BCUT2D eigenvalue weighted by atomic mass is 32.2. The highest BCUT2D eigenvalue weighted by molar-refractivity contribution is 7.91. The van der Waals surface area contributed by atoms with Crippen molar-refractivity contribution >= 4 is 9.84 Å². The molecule has 0 heterocycles. The Hall–Kier alpha value is -0.0900. The number of nitrogens with one attached hydrogen (secondary N) is 1. The summed E-state index contributed by atoms with van der Waals surface area (Å²) in [6, 6.07) is 0.0802. The fourth-order valence-corrected chi connectivity index (χ4v) is 3.18. The van der Waals surface area contributed by atoms with Gasteiger partial charge in [-0.2, -0.15) is 0 Å². The predicted octanol–water partition coefficient (Wildman–Crippen LogP) is 1.98. The van der Waals surface area contributed by atoms with Crippen LogP contribution in [-0.2, 0) is 9.84 Å². The SMILES string of the molecule is CCCCCS(=O)(=O)CC(C)NCCC. The van der Waals surface area contributed by atoms with Crippen LogP contribution in [0.4, 0.5) is 0 Å². The minimum absolute atomic E-state index is 0.0802. The van der Waals surface area contributed by atoms with Gasteiger partial charge in [-0.15, -0.1) is 0 Å². The molecule has 0 aromatic rings. The molecular formula is C11H25NO2S. The Kier molecular flexibility index (Phi) is 8.06. The van der Waals surface area contributed by atoms with E-state index in [1.165, 1.54) is 0 Å². The maximum Gasteiger partial charge on any atom is 0.151 e. The van der Waals surface area contributed by atoms with Gasteiger partial charge in [0.1, 0.15) is 0 Å². The molecule has 0 aliphatic heterocycles. The van der Waals surface area contributed by atoms with E-state index >= 15 is 0 Å². The van der Waals surface area contributed by atoms with Gasteiger partial charge in [0.25, 0.3) is 0 Å². The predicted molar refractivity (Wildman–Crippen MR) is 65.9 cm³/mol. The van der Waals surface area contributed by atoms with Crippen LogP contribution in [-0.4, -0.2) is 32.5 Å². The molecular weight excluding hydrogens is 210 g/mol. The van der Waals surface area contributed by atoms with E-state index in [1.807, 2.05) is 6.92 Å². The zero-order valence-electron chi connectivity index (χ0n) is 10.3. The van der Waals surface area contributed by atoms with Gasteiger partial charge in [-0.1, -0.05) is 26.7 Å². The molecule has 0 bridgehead atoms. The lowest BCUT2D eigenvalue weighted by Crippen LogP contribution is -2.34. The smallest absolute Gasteiger partial charge is 0.151 e. The number of sulfone groups is 1. The van der Waals surface area contributed by atoms with Crippen LogP contribution in [0.1, 0.15) is 46.5 Å². The molecule has 0 saturated heterocycles. The third-order valence-corrected chi connectivity index (χ3v) is 4.22. The summed E-state index contributed by atoms with van der Waals surface area (Å²) in [5, 5.41) is 3.20. The lowest BCUT2D eigenvalue weighted by atomic mass is 10.3. The molecule has 3 nitrogen and oxygen atoms in total. The van der Waals surface area contributed by atoms with Gasteiger partial charge >= 0.3 is 0 Å². The second-order valence-corrected chi connectivity index (χ2v) is 6.41. The Morgan fingerprint density at radius 2 is 1.80 bits per heavy atom. The highest BCUT2D eigenvalue weighted by Crippen LogP contribution is 2.02. The van der Waals surface area contributed by atoms with Crippen molar-refractivity contribution in [3.05, 3.63) is 0 Å². The molecule has 0 radical (unpaired) electrons. The number of unbranched alkanes of at least 4 members (excludes halogenated alkanes) is 2. The van der Waals surface area contributed by atoms with Crippen molar-refractivity contribution in [1.82, 2.24) is 5.32 Å². The van der Waals surface area contributed by atoms with Crippen LogP contribution in [0.3, 0.4) is 0 Å². The standard InChI is InChI=1S/C11H25NO2S/c1-4-6-7-9-15(13,14)10-11(3)12-8-5-2/h11-12H,4-10H2,1-3H3. The van der Waals surface area contributed by atoms with Gasteiger partial charge in [-0.25, -0.2) is 8.42 Å². The molecule has 1 N–H and O–H groups in total. The molecule has 0 spiro atoms. The minimum atomic E-state index is -2.85. The largest absolute Gasteiger partial charge is 0.313 e. The molecule has 0 fully saturated rings. The van der Waals surface area contributed by atoms with E-state index in [0.29, 0.717) is 5.75 Å². The van der Waals surface area contributed by atoms with Crippen molar-refractivity contribution in [1.29, 1.82) is 0 Å². The molecule has 0 aromatic heterocycles. The third kappa shape index (κ3) is 8.88. The Morgan fingerprint density at radius 1 is 1.13 bits per heavy atom. The highest BCUT2D eigenvalue weighted by Gasteiger charge is 2.14. The third-order valence-electron chi connectivity index (χ3n) is 2.31. The summed E-state index contributed by atoms with van der Waals surface area (Å²) in [4.78, 5) is 0. The van der Waals surface area contributed by atoms with Crippen molar-refractivity contribution in [2.45, 2.75) is 52.5 Å². The molecule has 0 aliphatic rings. The lowest BCUT2D eigenvalue weighted by Gasteiger charge is -2.13. The monoisotopic (exact) mass is 235 g/mol. The fourth-order valence-electron chi connectivity index (χ4n) is 1.49. The van der Waals surface area contributed by atoms with Crippen LogP contribution >= 0.6 is 0 Å². The maximum absolute atomic E-state index is 11.6. The Labute approximate surface area is 94.6 Å². The second kappa shape index (κ2) is 8.11. The minimum Gasteiger partial charge on any atom is -0.313 e. The number of hydrogen-bond donors (Lipinski definition) is 1. The molecule has 0 amide bonds. The summed E-state index contributed by atoms with van der Waals surface area (Å²) < 4.78 is 23.3. The molecule has 0 rings (SSSR count). The molecule has 0 aromatic carbocycles. The summed E-state index contributed by atoms with van der Waals surface area (Å²) in [6.07, 6.45) is 3.93. The van der Waals surface area contributed by atoms with Crippen LogP contribution in [0.5, 0.6) is 0 Å². The molecule has 1 unspecified atom stereocenters. The Bertz CT molecular complexity index is 237. The van der Waals surface area contributed by atoms with Crippen LogP contribution in [0.25, 0.3) is 0 Å². The second-order valence-electron chi connectivity index (χ2n) is 4.18. The average molecular weight is 235 g/mol. The van der Waals surface area contributed by atoms with E-state index in [1.54, 1.807) is 0 Å². The van der Waals surface area contributed by atoms with Crippen molar-refractivity contribution in [3.8, 4) is 0 Å². The molecule has 92 valence electrons. The van der Waals surface area contributed by atoms with E-state index in [2.05, 4.69) is 19.2 Å². The lowest BCUT2D eigenvalue weighted by molar-refractivity contribution is 0.552. The van der Waals surface area contributed by atoms with Gasteiger partial charge < -0.3 is 5.32 Å². The average Bonchev–Trinajstić information content (AvgIpc) is 2.14. The van der Waals surface area contributed by atoms with E-state index in [0.717, 1.165) is 32.2 Å². The maximum atomic E-state index is 11.6. The fraction of sp³-hybridized carbons (Fsp3) is 1.00. The van der Waals surface area contributed by atoms with Crippen molar-refractivity contribution in [2.24, 2.45) is 0 Å². The van der Waals surface area contributed by atoms with Gasteiger partial charge in [-0.05, 0) is 26.3 Å². The zero-order chi connectivity index (χ0) is 11.7. The first-order valence-electron chi connectivity index (χ1n) is 5.95. The molecule has 0 saturated carbocycles. The number of rotatable bonds is 9. The molecule has 1 atom stereocenters. The van der Waals surface area contributed by atoms with E-state index in [4.69, 9.17) is 0 Å². The summed E-state index contributed by atoms with van der Waals surface area (Å²) in [5.74, 6) is 0.621. The Balaban J connectivity index is 3.81. The molecule has 4 heteroatoms. The van der Waals surface area contributed by atoms with Gasteiger partial charge in [0.05, 0.1) is 11.5 Å². The Morgan fingerprint density at radius 3 is 2.33 bits per heavy atom. The molecule has 15 heavy (non-hydrogen) atoms. The van der Waals surface area contributed by atoms with Crippen LogP contribution in [0, 0.1) is 0 Å². The van der Waals surface area contributed by atoms with Crippen LogP contribution in [0.15, 0.2) is 0 Å². The zero-order valence-corrected chi connectivity index (χ0v) is 11.1. The van der Waals surface area contributed by atoms with Gasteiger partial charge in [-0.3, -0.25) is 0 Å². The van der Waals surface area contributed by atoms with Crippen LogP contribution in [0.2, 0.25) is 0 Å². The van der Waals surface area contributed by atoms with Crippen molar-refractivity contribution in [2.75, 3.05) is 18.1 Å². The first-order valence-corrected chi connectivity index (χ1v) is 7.77. The van der Waals surface area contributed by atoms with Gasteiger partial charge in [0.15, 0.2) is 9.84 Å². The summed E-state index contributed by atoms with van der Waals surface area (Å²) >= 11 is 0. The van der Waals surface area contributed by atoms with Gasteiger partial charge in [0, 0.05) is 6.04 Å². The summed E-state index contributed by atoms with van der Waals surface area (Å²) in [6.45, 7) is 6.99. The quantitative estimate of drug-likeness (QED) is 0.622. The van der Waals surface area contributed by atoms with Crippen molar-refractivity contribution in [3.63, 3.8) is 0 Å². The number of hydrogen-bond acceptors (Lipinski definition) is 3. The first-order chi connectivity index (χ1) is 7.02. The van der Waals surface area contributed by atoms with E-state index in [9.17, 15) is 8.42 Å². The first kappa shape index (κ1) is 14.9. The van der Waals surface area contributed by atoms with E-state index in [-0.39, 0.29) is 11.8 Å². The van der Waals surface area contributed by atoms with E-state index < -0.39 is 9.84 Å². The molecule has 0 aliphatic carbocycles. The van der Waals surface area contributed by atoms with Gasteiger partial charge in [0.2, 0.25) is 0 Å².